The van der Waals surface area contributed by atoms with Crippen molar-refractivity contribution in [1.82, 2.24) is 10.2 Å². The van der Waals surface area contributed by atoms with Crippen molar-refractivity contribution in [3.05, 3.63) is 59.2 Å². The molecule has 0 saturated heterocycles. The van der Waals surface area contributed by atoms with E-state index in [0.717, 1.165) is 37.2 Å². The van der Waals surface area contributed by atoms with Crippen molar-refractivity contribution in [3.8, 4) is 0 Å². The van der Waals surface area contributed by atoms with E-state index in [0.29, 0.717) is 17.8 Å². The van der Waals surface area contributed by atoms with Gasteiger partial charge in [0.05, 0.1) is 4.90 Å². The van der Waals surface area contributed by atoms with Crippen LogP contribution in [0, 0.1) is 13.8 Å². The van der Waals surface area contributed by atoms with E-state index < -0.39 is 10.0 Å². The van der Waals surface area contributed by atoms with Gasteiger partial charge in [0, 0.05) is 17.8 Å². The van der Waals surface area contributed by atoms with Crippen LogP contribution in [-0.2, 0) is 10.0 Å². The van der Waals surface area contributed by atoms with Crippen LogP contribution in [-0.4, -0.2) is 45.4 Å². The molecule has 0 aromatic heterocycles. The molecule has 2 N–H and O–H groups in total. The molecule has 0 bridgehead atoms. The smallest absolute Gasteiger partial charge is 0.261 e. The number of carbonyl (C=O) groups is 1. The topological polar surface area (TPSA) is 78.5 Å². The molecule has 2 aromatic rings. The molecule has 6 nitrogen and oxygen atoms in total. The monoisotopic (exact) mass is 417 g/mol. The quantitative estimate of drug-likeness (QED) is 0.580. The molecule has 7 heteroatoms. The third-order valence-corrected chi connectivity index (χ3v) is 6.41. The fourth-order valence-electron chi connectivity index (χ4n) is 2.95. The van der Waals surface area contributed by atoms with Crippen LogP contribution in [0.1, 0.15) is 41.8 Å². The van der Waals surface area contributed by atoms with Crippen molar-refractivity contribution >= 4 is 21.6 Å². The number of carbonyl (C=O) groups excluding carboxylic acids is 1. The van der Waals surface area contributed by atoms with Crippen LogP contribution in [0.15, 0.2) is 47.4 Å². The Morgan fingerprint density at radius 2 is 1.62 bits per heavy atom. The Balaban J connectivity index is 1.95. The summed E-state index contributed by atoms with van der Waals surface area (Å²) in [6.07, 6.45) is 0.875. The second-order valence-corrected chi connectivity index (χ2v) is 8.75. The molecule has 0 spiro atoms. The Bertz CT molecular complexity index is 921. The number of amides is 1. The van der Waals surface area contributed by atoms with Gasteiger partial charge in [-0.1, -0.05) is 19.9 Å². The second-order valence-electron chi connectivity index (χ2n) is 7.07. The number of rotatable bonds is 10. The van der Waals surface area contributed by atoms with E-state index in [1.54, 1.807) is 12.1 Å². The van der Waals surface area contributed by atoms with Gasteiger partial charge in [-0.05, 0) is 87.4 Å². The predicted molar refractivity (Wildman–Crippen MR) is 118 cm³/mol. The Morgan fingerprint density at radius 1 is 0.966 bits per heavy atom. The number of hydrogen-bond acceptors (Lipinski definition) is 4. The molecule has 2 aromatic carbocycles. The Labute approximate surface area is 174 Å². The molecule has 0 heterocycles. The maximum absolute atomic E-state index is 12.6. The van der Waals surface area contributed by atoms with Crippen molar-refractivity contribution in [3.63, 3.8) is 0 Å². The molecule has 0 aliphatic carbocycles. The summed E-state index contributed by atoms with van der Waals surface area (Å²) in [6.45, 7) is 11.7. The normalized spacial score (nSPS) is 11.5. The zero-order chi connectivity index (χ0) is 21.4. The number of anilines is 1. The first-order valence-electron chi connectivity index (χ1n) is 9.97. The van der Waals surface area contributed by atoms with Gasteiger partial charge in [0.1, 0.15) is 0 Å². The Kier molecular flexibility index (Phi) is 8.22. The Hall–Kier alpha value is -2.38. The predicted octanol–water partition coefficient (Wildman–Crippen LogP) is 3.57. The van der Waals surface area contributed by atoms with Crippen molar-refractivity contribution in [2.24, 2.45) is 0 Å². The molecule has 0 atom stereocenters. The first kappa shape index (κ1) is 22.9. The number of nitrogens with one attached hydrogen (secondary N) is 2. The van der Waals surface area contributed by atoms with Crippen molar-refractivity contribution in [2.45, 2.75) is 39.0 Å². The summed E-state index contributed by atoms with van der Waals surface area (Å²) in [5, 5.41) is 2.88. The molecule has 0 aliphatic rings. The third-order valence-electron chi connectivity index (χ3n) is 5.02. The molecule has 0 unspecified atom stereocenters. The summed E-state index contributed by atoms with van der Waals surface area (Å²) in [7, 11) is -3.71. The fourth-order valence-corrected chi connectivity index (χ4v) is 4.00. The molecule has 29 heavy (non-hydrogen) atoms. The van der Waals surface area contributed by atoms with Crippen molar-refractivity contribution in [2.75, 3.05) is 30.9 Å². The van der Waals surface area contributed by atoms with Gasteiger partial charge in [-0.3, -0.25) is 9.52 Å². The van der Waals surface area contributed by atoms with Crippen LogP contribution in [0.2, 0.25) is 0 Å². The summed E-state index contributed by atoms with van der Waals surface area (Å²) in [5.74, 6) is -0.199. The minimum atomic E-state index is -3.71. The molecular formula is C22H31N3O3S. The molecule has 0 fully saturated rings. The summed E-state index contributed by atoms with van der Waals surface area (Å²) in [6, 6.07) is 11.4. The summed E-state index contributed by atoms with van der Waals surface area (Å²) < 4.78 is 27.8. The first-order valence-corrected chi connectivity index (χ1v) is 11.5. The molecule has 158 valence electrons. The van der Waals surface area contributed by atoms with Crippen LogP contribution in [0.3, 0.4) is 0 Å². The van der Waals surface area contributed by atoms with Gasteiger partial charge >= 0.3 is 0 Å². The highest BCUT2D eigenvalue weighted by Gasteiger charge is 2.15. The minimum absolute atomic E-state index is 0.119. The average molecular weight is 418 g/mol. The van der Waals surface area contributed by atoms with Crippen LogP contribution < -0.4 is 10.0 Å². The summed E-state index contributed by atoms with van der Waals surface area (Å²) >= 11 is 0. The molecule has 0 aliphatic heterocycles. The maximum Gasteiger partial charge on any atom is 0.261 e. The van der Waals surface area contributed by atoms with E-state index >= 15 is 0 Å². The van der Waals surface area contributed by atoms with Gasteiger partial charge < -0.3 is 10.2 Å². The lowest BCUT2D eigenvalue weighted by atomic mass is 10.1. The third kappa shape index (κ3) is 6.58. The molecule has 0 radical (unpaired) electrons. The highest BCUT2D eigenvalue weighted by molar-refractivity contribution is 7.92. The SMILES string of the molecule is CCN(CC)CCCNC(=O)c1ccc(S(=O)(=O)Nc2ccc(C)c(C)c2)cc1. The van der Waals surface area contributed by atoms with Crippen LogP contribution in [0.5, 0.6) is 0 Å². The van der Waals surface area contributed by atoms with Gasteiger partial charge in [0.2, 0.25) is 0 Å². The van der Waals surface area contributed by atoms with Gasteiger partial charge in [-0.2, -0.15) is 0 Å². The highest BCUT2D eigenvalue weighted by atomic mass is 32.2. The van der Waals surface area contributed by atoms with E-state index in [1.807, 2.05) is 19.9 Å². The number of nitrogens with zero attached hydrogens (tertiary/aromatic N) is 1. The number of sulfonamides is 1. The van der Waals surface area contributed by atoms with E-state index in [-0.39, 0.29) is 10.8 Å². The lowest BCUT2D eigenvalue weighted by molar-refractivity contribution is 0.0951. The lowest BCUT2D eigenvalue weighted by Gasteiger charge is -2.17. The highest BCUT2D eigenvalue weighted by Crippen LogP contribution is 2.19. The zero-order valence-corrected chi connectivity index (χ0v) is 18.5. The van der Waals surface area contributed by atoms with Crippen molar-refractivity contribution < 1.29 is 13.2 Å². The van der Waals surface area contributed by atoms with Crippen LogP contribution >= 0.6 is 0 Å². The van der Waals surface area contributed by atoms with E-state index in [2.05, 4.69) is 28.8 Å². The molecule has 0 saturated carbocycles. The number of aryl methyl sites for hydroxylation is 2. The second kappa shape index (κ2) is 10.4. The van der Waals surface area contributed by atoms with Gasteiger partial charge in [0.25, 0.3) is 15.9 Å². The minimum Gasteiger partial charge on any atom is -0.352 e. The fraction of sp³-hybridized carbons (Fsp3) is 0.409. The largest absolute Gasteiger partial charge is 0.352 e. The average Bonchev–Trinajstić information content (AvgIpc) is 2.70. The number of hydrogen-bond donors (Lipinski definition) is 2. The lowest BCUT2D eigenvalue weighted by Crippen LogP contribution is -2.29. The molecule has 2 rings (SSSR count). The van der Waals surface area contributed by atoms with Crippen LogP contribution in [0.4, 0.5) is 5.69 Å². The first-order chi connectivity index (χ1) is 13.8. The van der Waals surface area contributed by atoms with Gasteiger partial charge in [-0.15, -0.1) is 0 Å². The van der Waals surface area contributed by atoms with Crippen molar-refractivity contribution in [1.29, 1.82) is 0 Å². The van der Waals surface area contributed by atoms with Gasteiger partial charge in [0.15, 0.2) is 0 Å². The van der Waals surface area contributed by atoms with Crippen LogP contribution in [0.25, 0.3) is 0 Å². The zero-order valence-electron chi connectivity index (χ0n) is 17.7. The summed E-state index contributed by atoms with van der Waals surface area (Å²) in [5.41, 5.74) is 3.07. The Morgan fingerprint density at radius 3 is 2.21 bits per heavy atom. The standard InChI is InChI=1S/C22H31N3O3S/c1-5-25(6-2)15-7-14-23-22(26)19-9-12-21(13-10-19)29(27,28)24-20-11-8-17(3)18(4)16-20/h8-13,16,24H,5-7,14-15H2,1-4H3,(H,23,26). The molecule has 1 amide bonds. The van der Waals surface area contributed by atoms with E-state index in [4.69, 9.17) is 0 Å². The summed E-state index contributed by atoms with van der Waals surface area (Å²) in [4.78, 5) is 14.7. The molecular weight excluding hydrogens is 386 g/mol. The van der Waals surface area contributed by atoms with E-state index in [1.165, 1.54) is 24.3 Å². The maximum atomic E-state index is 12.6. The van der Waals surface area contributed by atoms with E-state index in [9.17, 15) is 13.2 Å². The number of benzene rings is 2. The van der Waals surface area contributed by atoms with Gasteiger partial charge in [-0.25, -0.2) is 8.42 Å².